The Morgan fingerprint density at radius 3 is 1.72 bits per heavy atom. The number of hydrogen-bond acceptors (Lipinski definition) is 2. The maximum atomic E-state index is 2.44. The van der Waals surface area contributed by atoms with E-state index in [-0.39, 0.29) is 0 Å². The van der Waals surface area contributed by atoms with Crippen molar-refractivity contribution in [3.63, 3.8) is 0 Å². The summed E-state index contributed by atoms with van der Waals surface area (Å²) < 4.78 is 4.09. The standard InChI is InChI=1S/C34H20S2/c1-2-10-21(11-3-1)31-22-12-4-6-14-24(22)32(25-15-7-5-13-23(25)31)28-20-30-27(18-19-35-30)34-33(28)26-16-8-9-17-29(26)36-34/h1-20H. The zero-order valence-electron chi connectivity index (χ0n) is 19.4. The minimum Gasteiger partial charge on any atom is -0.144 e. The lowest BCUT2D eigenvalue weighted by atomic mass is 9.85. The molecule has 0 spiro atoms. The van der Waals surface area contributed by atoms with Crippen molar-refractivity contribution in [1.29, 1.82) is 0 Å². The molecular weight excluding hydrogens is 473 g/mol. The molecule has 0 aliphatic heterocycles. The van der Waals surface area contributed by atoms with Crippen LogP contribution in [0.5, 0.6) is 0 Å². The van der Waals surface area contributed by atoms with Crippen molar-refractivity contribution >= 4 is 74.5 Å². The Labute approximate surface area is 216 Å². The maximum Gasteiger partial charge on any atom is 0.0448 e. The Balaban J connectivity index is 1.64. The van der Waals surface area contributed by atoms with E-state index < -0.39 is 0 Å². The fraction of sp³-hybridized carbons (Fsp3) is 0. The van der Waals surface area contributed by atoms with Gasteiger partial charge in [-0.25, -0.2) is 0 Å². The second kappa shape index (κ2) is 7.76. The molecule has 0 unspecified atom stereocenters. The van der Waals surface area contributed by atoms with Crippen LogP contribution >= 0.6 is 22.7 Å². The van der Waals surface area contributed by atoms with E-state index in [1.807, 2.05) is 22.7 Å². The lowest BCUT2D eigenvalue weighted by molar-refractivity contribution is 1.67. The molecule has 0 radical (unpaired) electrons. The molecule has 0 saturated carbocycles. The van der Waals surface area contributed by atoms with Crippen LogP contribution in [0.1, 0.15) is 0 Å². The Morgan fingerprint density at radius 1 is 0.444 bits per heavy atom. The van der Waals surface area contributed by atoms with Gasteiger partial charge in [-0.3, -0.25) is 0 Å². The number of thiophene rings is 2. The third kappa shape index (κ3) is 2.80. The number of fused-ring (bicyclic) bond motifs is 7. The van der Waals surface area contributed by atoms with Gasteiger partial charge in [0.2, 0.25) is 0 Å². The summed E-state index contributed by atoms with van der Waals surface area (Å²) in [4.78, 5) is 0. The average Bonchev–Trinajstić information content (AvgIpc) is 3.56. The topological polar surface area (TPSA) is 0 Å². The van der Waals surface area contributed by atoms with Gasteiger partial charge in [0.1, 0.15) is 0 Å². The monoisotopic (exact) mass is 492 g/mol. The van der Waals surface area contributed by atoms with Crippen molar-refractivity contribution in [3.05, 3.63) is 121 Å². The Morgan fingerprint density at radius 2 is 1.03 bits per heavy atom. The zero-order chi connectivity index (χ0) is 23.6. The second-order valence-corrected chi connectivity index (χ2v) is 11.3. The van der Waals surface area contributed by atoms with Crippen LogP contribution in [0.3, 0.4) is 0 Å². The van der Waals surface area contributed by atoms with E-state index in [0.29, 0.717) is 0 Å². The summed E-state index contributed by atoms with van der Waals surface area (Å²) in [6.45, 7) is 0. The first-order valence-corrected chi connectivity index (χ1v) is 13.9. The highest BCUT2D eigenvalue weighted by Crippen LogP contribution is 2.50. The van der Waals surface area contributed by atoms with E-state index in [2.05, 4.69) is 121 Å². The fourth-order valence-electron chi connectivity index (χ4n) is 5.86. The van der Waals surface area contributed by atoms with Crippen molar-refractivity contribution < 1.29 is 0 Å². The molecule has 0 aliphatic carbocycles. The minimum atomic E-state index is 1.26. The van der Waals surface area contributed by atoms with Crippen molar-refractivity contribution in [2.45, 2.75) is 0 Å². The van der Waals surface area contributed by atoms with Gasteiger partial charge in [0, 0.05) is 30.3 Å². The third-order valence-electron chi connectivity index (χ3n) is 7.34. The van der Waals surface area contributed by atoms with Gasteiger partial charge in [-0.2, -0.15) is 0 Å². The maximum absolute atomic E-state index is 2.44. The van der Waals surface area contributed by atoms with Crippen molar-refractivity contribution in [2.24, 2.45) is 0 Å². The van der Waals surface area contributed by atoms with E-state index in [1.165, 1.54) is 74.1 Å². The van der Waals surface area contributed by atoms with Crippen LogP contribution in [-0.2, 0) is 0 Å². The molecule has 8 rings (SSSR count). The van der Waals surface area contributed by atoms with E-state index in [9.17, 15) is 0 Å². The van der Waals surface area contributed by atoms with Gasteiger partial charge < -0.3 is 0 Å². The molecule has 0 fully saturated rings. The van der Waals surface area contributed by atoms with Crippen LogP contribution < -0.4 is 0 Å². The molecule has 0 bridgehead atoms. The molecule has 6 aromatic carbocycles. The fourth-order valence-corrected chi connectivity index (χ4v) is 8.01. The number of rotatable bonds is 2. The van der Waals surface area contributed by atoms with Gasteiger partial charge in [-0.1, -0.05) is 97.1 Å². The minimum absolute atomic E-state index is 1.26. The van der Waals surface area contributed by atoms with E-state index >= 15 is 0 Å². The molecule has 2 heterocycles. The number of benzene rings is 6. The zero-order valence-corrected chi connectivity index (χ0v) is 21.0. The van der Waals surface area contributed by atoms with Gasteiger partial charge in [-0.05, 0) is 67.4 Å². The molecule has 8 aromatic rings. The van der Waals surface area contributed by atoms with Gasteiger partial charge in [0.25, 0.3) is 0 Å². The lowest BCUT2D eigenvalue weighted by Gasteiger charge is -2.18. The van der Waals surface area contributed by atoms with Gasteiger partial charge in [0.15, 0.2) is 0 Å². The van der Waals surface area contributed by atoms with Crippen LogP contribution in [0.4, 0.5) is 0 Å². The smallest absolute Gasteiger partial charge is 0.0448 e. The third-order valence-corrected chi connectivity index (χ3v) is 9.41. The van der Waals surface area contributed by atoms with E-state index in [0.717, 1.165) is 0 Å². The van der Waals surface area contributed by atoms with Crippen molar-refractivity contribution in [3.8, 4) is 22.3 Å². The normalized spacial score (nSPS) is 11.9. The second-order valence-electron chi connectivity index (χ2n) is 9.27. The Hall–Kier alpha value is -3.98. The van der Waals surface area contributed by atoms with Crippen LogP contribution in [-0.4, -0.2) is 0 Å². The Bertz CT molecular complexity index is 2030. The number of hydrogen-bond donors (Lipinski definition) is 0. The molecule has 36 heavy (non-hydrogen) atoms. The lowest BCUT2D eigenvalue weighted by Crippen LogP contribution is -1.91. The van der Waals surface area contributed by atoms with E-state index in [4.69, 9.17) is 0 Å². The van der Waals surface area contributed by atoms with Crippen molar-refractivity contribution in [2.75, 3.05) is 0 Å². The first kappa shape index (κ1) is 20.2. The van der Waals surface area contributed by atoms with Crippen LogP contribution in [0.25, 0.3) is 74.1 Å². The van der Waals surface area contributed by atoms with Gasteiger partial charge in [-0.15, -0.1) is 22.7 Å². The van der Waals surface area contributed by atoms with Gasteiger partial charge >= 0.3 is 0 Å². The summed E-state index contributed by atoms with van der Waals surface area (Å²) >= 11 is 3.76. The van der Waals surface area contributed by atoms with Crippen LogP contribution in [0.2, 0.25) is 0 Å². The SMILES string of the molecule is c1ccc(-c2c3ccccc3c(-c3cc4sccc4c4sc5ccccc5c34)c3ccccc23)cc1. The average molecular weight is 493 g/mol. The highest BCUT2D eigenvalue weighted by atomic mass is 32.1. The quantitative estimate of drug-likeness (QED) is 0.211. The van der Waals surface area contributed by atoms with Crippen molar-refractivity contribution in [1.82, 2.24) is 0 Å². The highest BCUT2D eigenvalue weighted by Gasteiger charge is 2.21. The highest BCUT2D eigenvalue weighted by molar-refractivity contribution is 7.27. The molecule has 0 atom stereocenters. The predicted molar refractivity (Wildman–Crippen MR) is 161 cm³/mol. The first-order chi connectivity index (χ1) is 17.9. The molecule has 0 aliphatic rings. The summed E-state index contributed by atoms with van der Waals surface area (Å²) in [6, 6.07) is 42.3. The molecule has 0 nitrogen and oxygen atoms in total. The summed E-state index contributed by atoms with van der Waals surface area (Å²) in [5.74, 6) is 0. The van der Waals surface area contributed by atoms with Gasteiger partial charge in [0.05, 0.1) is 0 Å². The molecule has 168 valence electrons. The summed E-state index contributed by atoms with van der Waals surface area (Å²) in [6.07, 6.45) is 0. The molecule has 0 N–H and O–H groups in total. The molecule has 0 amide bonds. The van der Waals surface area contributed by atoms with Crippen LogP contribution in [0.15, 0.2) is 121 Å². The Kier molecular flexibility index (Phi) is 4.36. The van der Waals surface area contributed by atoms with E-state index in [1.54, 1.807) is 0 Å². The summed E-state index contributed by atoms with van der Waals surface area (Å²) in [5, 5.41) is 11.5. The summed E-state index contributed by atoms with van der Waals surface area (Å²) in [7, 11) is 0. The molecule has 0 saturated heterocycles. The molecule has 2 aromatic heterocycles. The first-order valence-electron chi connectivity index (χ1n) is 12.2. The largest absolute Gasteiger partial charge is 0.144 e. The molecular formula is C34H20S2. The summed E-state index contributed by atoms with van der Waals surface area (Å²) in [5.41, 5.74) is 5.25. The predicted octanol–water partition coefficient (Wildman–Crippen LogP) is 10.9. The van der Waals surface area contributed by atoms with Crippen LogP contribution in [0, 0.1) is 0 Å². The molecule has 2 heteroatoms.